The van der Waals surface area contributed by atoms with Gasteiger partial charge in [0.2, 0.25) is 17.7 Å². The third kappa shape index (κ3) is 4.36. The highest BCUT2D eigenvalue weighted by molar-refractivity contribution is 7.10. The summed E-state index contributed by atoms with van der Waals surface area (Å²) in [5.74, 6) is -1.18. The number of nitrogens with zero attached hydrogens (tertiary/aromatic N) is 1. The molecule has 1 aliphatic heterocycles. The first-order chi connectivity index (χ1) is 14.9. The van der Waals surface area contributed by atoms with Crippen molar-refractivity contribution in [3.63, 3.8) is 0 Å². The Morgan fingerprint density at radius 3 is 2.55 bits per heavy atom. The van der Waals surface area contributed by atoms with E-state index in [4.69, 9.17) is 5.73 Å². The number of nitrogens with one attached hydrogen (secondary N) is 1. The summed E-state index contributed by atoms with van der Waals surface area (Å²) in [6.07, 6.45) is 0.736. The molecule has 4 rings (SSSR count). The van der Waals surface area contributed by atoms with Gasteiger partial charge in [0.1, 0.15) is 0 Å². The molecular formula is C24H23N3O3S. The molecule has 1 aromatic heterocycles. The van der Waals surface area contributed by atoms with Gasteiger partial charge in [-0.2, -0.15) is 0 Å². The second-order valence-corrected chi connectivity index (χ2v) is 8.62. The minimum atomic E-state index is -0.554. The molecule has 7 heteroatoms. The molecule has 1 fully saturated rings. The van der Waals surface area contributed by atoms with Crippen molar-refractivity contribution in [3.05, 3.63) is 82.0 Å². The molecule has 0 aliphatic carbocycles. The predicted octanol–water partition coefficient (Wildman–Crippen LogP) is 4.28. The van der Waals surface area contributed by atoms with Gasteiger partial charge in [-0.25, -0.2) is 0 Å². The van der Waals surface area contributed by atoms with E-state index >= 15 is 0 Å². The van der Waals surface area contributed by atoms with E-state index in [0.29, 0.717) is 17.7 Å². The Hall–Kier alpha value is -3.45. The lowest BCUT2D eigenvalue weighted by Crippen LogP contribution is -2.46. The van der Waals surface area contributed by atoms with Gasteiger partial charge in [0, 0.05) is 28.2 Å². The van der Waals surface area contributed by atoms with Gasteiger partial charge in [-0.3, -0.25) is 14.4 Å². The first-order valence-electron chi connectivity index (χ1n) is 10.1. The SMILES string of the molecule is Cc1ccc(N2C(=O)CCC(C(=O)Nc3cccc(C(N)=O)c3)C2c2cccs2)cc1. The lowest BCUT2D eigenvalue weighted by Gasteiger charge is -2.40. The van der Waals surface area contributed by atoms with Crippen LogP contribution < -0.4 is 16.0 Å². The van der Waals surface area contributed by atoms with E-state index in [1.165, 1.54) is 11.3 Å². The summed E-state index contributed by atoms with van der Waals surface area (Å²) in [4.78, 5) is 40.5. The maximum atomic E-state index is 13.3. The molecule has 0 spiro atoms. The molecule has 2 aromatic carbocycles. The molecule has 2 unspecified atom stereocenters. The molecule has 3 N–H and O–H groups in total. The highest BCUT2D eigenvalue weighted by Gasteiger charge is 2.42. The number of hydrogen-bond acceptors (Lipinski definition) is 4. The fourth-order valence-corrected chi connectivity index (χ4v) is 4.83. The van der Waals surface area contributed by atoms with E-state index in [2.05, 4.69) is 5.32 Å². The van der Waals surface area contributed by atoms with Gasteiger partial charge in [-0.1, -0.05) is 29.8 Å². The maximum absolute atomic E-state index is 13.3. The van der Waals surface area contributed by atoms with Crippen molar-refractivity contribution in [2.45, 2.75) is 25.8 Å². The highest BCUT2D eigenvalue weighted by Crippen LogP contribution is 2.42. The standard InChI is InChI=1S/C24H23N3O3S/c1-15-7-9-18(10-8-15)27-21(28)12-11-19(22(27)20-6-3-13-31-20)24(30)26-17-5-2-4-16(14-17)23(25)29/h2-10,13-14,19,22H,11-12H2,1H3,(H2,25,29)(H,26,30). The number of aryl methyl sites for hydroxylation is 1. The minimum absolute atomic E-state index is 0.00188. The zero-order valence-corrected chi connectivity index (χ0v) is 17.9. The number of anilines is 2. The van der Waals surface area contributed by atoms with Crippen LogP contribution in [0.4, 0.5) is 11.4 Å². The van der Waals surface area contributed by atoms with Crippen LogP contribution in [-0.4, -0.2) is 17.7 Å². The summed E-state index contributed by atoms with van der Waals surface area (Å²) in [5, 5.41) is 4.87. The highest BCUT2D eigenvalue weighted by atomic mass is 32.1. The van der Waals surface area contributed by atoms with E-state index in [1.54, 1.807) is 29.2 Å². The number of carbonyl (C=O) groups excluding carboxylic acids is 3. The molecule has 0 bridgehead atoms. The van der Waals surface area contributed by atoms with Crippen LogP contribution in [0, 0.1) is 12.8 Å². The number of amides is 3. The van der Waals surface area contributed by atoms with Gasteiger partial charge in [0.05, 0.1) is 12.0 Å². The average Bonchev–Trinajstić information content (AvgIpc) is 3.29. The molecule has 3 aromatic rings. The van der Waals surface area contributed by atoms with E-state index < -0.39 is 17.9 Å². The Bertz CT molecular complexity index is 1110. The normalized spacial score (nSPS) is 18.6. The van der Waals surface area contributed by atoms with Gasteiger partial charge in [-0.15, -0.1) is 11.3 Å². The second kappa shape index (κ2) is 8.73. The van der Waals surface area contributed by atoms with Gasteiger partial charge in [-0.05, 0) is 55.1 Å². The molecule has 6 nitrogen and oxygen atoms in total. The number of rotatable bonds is 5. The van der Waals surface area contributed by atoms with Gasteiger partial charge in [0.15, 0.2) is 0 Å². The molecule has 1 aliphatic rings. The maximum Gasteiger partial charge on any atom is 0.248 e. The van der Waals surface area contributed by atoms with Gasteiger partial charge < -0.3 is 16.0 Å². The van der Waals surface area contributed by atoms with Crippen LogP contribution in [0.2, 0.25) is 0 Å². The summed E-state index contributed by atoms with van der Waals surface area (Å²) in [7, 11) is 0. The van der Waals surface area contributed by atoms with Crippen molar-refractivity contribution < 1.29 is 14.4 Å². The van der Waals surface area contributed by atoms with Crippen LogP contribution in [-0.2, 0) is 9.59 Å². The first kappa shape index (κ1) is 20.8. The zero-order valence-electron chi connectivity index (χ0n) is 17.1. The summed E-state index contributed by atoms with van der Waals surface area (Å²) in [6.45, 7) is 2.00. The van der Waals surface area contributed by atoms with Crippen molar-refractivity contribution in [2.75, 3.05) is 10.2 Å². The summed E-state index contributed by atoms with van der Waals surface area (Å²) in [5.41, 5.74) is 8.07. The number of nitrogens with two attached hydrogens (primary N) is 1. The monoisotopic (exact) mass is 433 g/mol. The first-order valence-corrected chi connectivity index (χ1v) is 10.9. The van der Waals surface area contributed by atoms with Crippen molar-refractivity contribution >= 4 is 40.4 Å². The van der Waals surface area contributed by atoms with Crippen LogP contribution in [0.1, 0.15) is 39.7 Å². The van der Waals surface area contributed by atoms with Crippen LogP contribution in [0.15, 0.2) is 66.0 Å². The summed E-state index contributed by atoms with van der Waals surface area (Å²) in [6, 6.07) is 17.8. The van der Waals surface area contributed by atoms with Crippen LogP contribution in [0.5, 0.6) is 0 Å². The molecule has 2 heterocycles. The van der Waals surface area contributed by atoms with Crippen LogP contribution in [0.3, 0.4) is 0 Å². The Morgan fingerprint density at radius 2 is 1.87 bits per heavy atom. The van der Waals surface area contributed by atoms with Crippen LogP contribution in [0.25, 0.3) is 0 Å². The molecule has 0 radical (unpaired) electrons. The number of piperidine rings is 1. The summed E-state index contributed by atoms with van der Waals surface area (Å²) >= 11 is 1.53. The van der Waals surface area contributed by atoms with E-state index in [0.717, 1.165) is 16.1 Å². The molecule has 0 saturated carbocycles. The van der Waals surface area contributed by atoms with Crippen LogP contribution >= 0.6 is 11.3 Å². The predicted molar refractivity (Wildman–Crippen MR) is 122 cm³/mol. The average molecular weight is 434 g/mol. The van der Waals surface area contributed by atoms with Gasteiger partial charge >= 0.3 is 0 Å². The number of hydrogen-bond donors (Lipinski definition) is 2. The molecular weight excluding hydrogens is 410 g/mol. The van der Waals surface area contributed by atoms with Crippen molar-refractivity contribution in [1.82, 2.24) is 0 Å². The second-order valence-electron chi connectivity index (χ2n) is 7.64. The fraction of sp³-hybridized carbons (Fsp3) is 0.208. The smallest absolute Gasteiger partial charge is 0.248 e. The number of thiophene rings is 1. The largest absolute Gasteiger partial charge is 0.366 e. The lowest BCUT2D eigenvalue weighted by molar-refractivity contribution is -0.125. The van der Waals surface area contributed by atoms with E-state index in [-0.39, 0.29) is 18.2 Å². The lowest BCUT2D eigenvalue weighted by atomic mass is 9.86. The topological polar surface area (TPSA) is 92.5 Å². The van der Waals surface area contributed by atoms with Gasteiger partial charge in [0.25, 0.3) is 0 Å². The van der Waals surface area contributed by atoms with E-state index in [9.17, 15) is 14.4 Å². The quantitative estimate of drug-likeness (QED) is 0.629. The Labute approximate surface area is 184 Å². The molecule has 158 valence electrons. The molecule has 31 heavy (non-hydrogen) atoms. The van der Waals surface area contributed by atoms with Crippen molar-refractivity contribution in [3.8, 4) is 0 Å². The number of primary amides is 1. The summed E-state index contributed by atoms with van der Waals surface area (Å²) < 4.78 is 0. The number of benzene rings is 2. The van der Waals surface area contributed by atoms with Crippen molar-refractivity contribution in [2.24, 2.45) is 11.7 Å². The molecule has 1 saturated heterocycles. The Balaban J connectivity index is 1.68. The zero-order chi connectivity index (χ0) is 22.0. The Morgan fingerprint density at radius 1 is 1.10 bits per heavy atom. The molecule has 2 atom stereocenters. The fourth-order valence-electron chi connectivity index (χ4n) is 3.95. The third-order valence-corrected chi connectivity index (χ3v) is 6.44. The molecule has 3 amide bonds. The van der Waals surface area contributed by atoms with Crippen molar-refractivity contribution in [1.29, 1.82) is 0 Å². The number of carbonyl (C=O) groups is 3. The third-order valence-electron chi connectivity index (χ3n) is 5.50. The minimum Gasteiger partial charge on any atom is -0.366 e. The van der Waals surface area contributed by atoms with E-state index in [1.807, 2.05) is 48.7 Å². The Kier molecular flexibility index (Phi) is 5.86.